The standard InChI is InChI=1S/C29H20N4O3S/c34-29(28-15-21-14-23(33(35)36)12-13-27(21)37-28)31-30-16-22-18-32(26-11-4-3-10-25(22)26)17-20-8-5-7-19-6-1-2-9-24(19)20/h1-16,18H,17H2,(H,31,34)/b30-16-. The number of para-hydroxylation sites is 1. The van der Waals surface area contributed by atoms with Gasteiger partial charge in [0.05, 0.1) is 16.0 Å². The van der Waals surface area contributed by atoms with Crippen LogP contribution in [0.25, 0.3) is 31.8 Å². The zero-order valence-corrected chi connectivity index (χ0v) is 20.3. The van der Waals surface area contributed by atoms with Gasteiger partial charge in [-0.1, -0.05) is 60.7 Å². The van der Waals surface area contributed by atoms with E-state index in [-0.39, 0.29) is 11.6 Å². The molecular formula is C29H20N4O3S. The summed E-state index contributed by atoms with van der Waals surface area (Å²) in [6.07, 6.45) is 3.69. The molecule has 0 aliphatic carbocycles. The minimum atomic E-state index is -0.447. The number of carbonyl (C=O) groups excluding carboxylic acids is 1. The lowest BCUT2D eigenvalue weighted by Gasteiger charge is -2.09. The van der Waals surface area contributed by atoms with E-state index in [9.17, 15) is 14.9 Å². The molecule has 0 atom stereocenters. The van der Waals surface area contributed by atoms with Crippen LogP contribution in [0.1, 0.15) is 20.8 Å². The molecule has 1 amide bonds. The summed E-state index contributed by atoms with van der Waals surface area (Å²) >= 11 is 1.27. The van der Waals surface area contributed by atoms with Gasteiger partial charge in [0.1, 0.15) is 0 Å². The van der Waals surface area contributed by atoms with E-state index in [1.54, 1.807) is 18.3 Å². The summed E-state index contributed by atoms with van der Waals surface area (Å²) in [4.78, 5) is 23.7. The van der Waals surface area contributed by atoms with Gasteiger partial charge in [0.15, 0.2) is 0 Å². The normalized spacial score (nSPS) is 11.6. The Labute approximate surface area is 215 Å². The van der Waals surface area contributed by atoms with Crippen molar-refractivity contribution in [2.24, 2.45) is 5.10 Å². The molecule has 37 heavy (non-hydrogen) atoms. The van der Waals surface area contributed by atoms with Crippen LogP contribution in [-0.2, 0) is 6.54 Å². The Hall–Kier alpha value is -4.82. The molecule has 180 valence electrons. The van der Waals surface area contributed by atoms with Crippen LogP contribution in [0.15, 0.2) is 102 Å². The third kappa shape index (κ3) is 4.34. The van der Waals surface area contributed by atoms with E-state index in [0.717, 1.165) is 21.2 Å². The minimum Gasteiger partial charge on any atom is -0.342 e. The molecule has 0 bridgehead atoms. The number of hydrogen-bond acceptors (Lipinski definition) is 5. The number of amides is 1. The quantitative estimate of drug-likeness (QED) is 0.155. The van der Waals surface area contributed by atoms with Crippen LogP contribution in [0.5, 0.6) is 0 Å². The third-order valence-corrected chi connectivity index (χ3v) is 7.46. The molecule has 1 N–H and O–H groups in total. The highest BCUT2D eigenvalue weighted by atomic mass is 32.1. The number of carbonyl (C=O) groups is 1. The maximum atomic E-state index is 12.7. The summed E-state index contributed by atoms with van der Waals surface area (Å²) in [6, 6.07) is 29.0. The number of thiophene rings is 1. The molecular weight excluding hydrogens is 484 g/mol. The van der Waals surface area contributed by atoms with Crippen molar-refractivity contribution >= 4 is 60.9 Å². The van der Waals surface area contributed by atoms with Gasteiger partial charge in [-0.25, -0.2) is 5.43 Å². The van der Waals surface area contributed by atoms with Crippen LogP contribution in [0.3, 0.4) is 0 Å². The zero-order valence-electron chi connectivity index (χ0n) is 19.5. The van der Waals surface area contributed by atoms with E-state index >= 15 is 0 Å². The largest absolute Gasteiger partial charge is 0.342 e. The van der Waals surface area contributed by atoms with Crippen LogP contribution in [0.2, 0.25) is 0 Å². The smallest absolute Gasteiger partial charge is 0.281 e. The molecule has 8 heteroatoms. The number of nitro benzene ring substituents is 1. The molecule has 6 aromatic rings. The SMILES string of the molecule is O=C(N/N=C\c1cn(Cc2cccc3ccccc23)c2ccccc12)c1cc2cc([N+](=O)[O-])ccc2s1. The zero-order chi connectivity index (χ0) is 25.4. The van der Waals surface area contributed by atoms with Gasteiger partial charge in [0.2, 0.25) is 0 Å². The van der Waals surface area contributed by atoms with Gasteiger partial charge in [-0.05, 0) is 34.5 Å². The second kappa shape index (κ2) is 9.33. The highest BCUT2D eigenvalue weighted by molar-refractivity contribution is 7.20. The summed E-state index contributed by atoms with van der Waals surface area (Å²) in [7, 11) is 0. The molecule has 7 nitrogen and oxygen atoms in total. The summed E-state index contributed by atoms with van der Waals surface area (Å²) in [5.41, 5.74) is 5.78. The molecule has 0 aliphatic rings. The Kier molecular flexibility index (Phi) is 5.71. The molecule has 0 radical (unpaired) electrons. The minimum absolute atomic E-state index is 0.00447. The maximum absolute atomic E-state index is 12.7. The molecule has 4 aromatic carbocycles. The van der Waals surface area contributed by atoms with Gasteiger partial charge in [-0.2, -0.15) is 5.10 Å². The molecule has 0 spiro atoms. The van der Waals surface area contributed by atoms with Gasteiger partial charge in [0, 0.05) is 51.4 Å². The van der Waals surface area contributed by atoms with Crippen molar-refractivity contribution in [3.63, 3.8) is 0 Å². The van der Waals surface area contributed by atoms with Crippen LogP contribution >= 0.6 is 11.3 Å². The Morgan fingerprint density at radius 1 is 0.946 bits per heavy atom. The Bertz CT molecular complexity index is 1850. The molecule has 2 aromatic heterocycles. The van der Waals surface area contributed by atoms with Gasteiger partial charge >= 0.3 is 0 Å². The van der Waals surface area contributed by atoms with Crippen molar-refractivity contribution in [3.8, 4) is 0 Å². The van der Waals surface area contributed by atoms with Crippen LogP contribution in [0, 0.1) is 10.1 Å². The first-order chi connectivity index (χ1) is 18.1. The number of nitrogens with one attached hydrogen (secondary N) is 1. The molecule has 0 saturated heterocycles. The number of benzene rings is 4. The average molecular weight is 505 g/mol. The first kappa shape index (κ1) is 22.6. The van der Waals surface area contributed by atoms with E-state index < -0.39 is 4.92 Å². The van der Waals surface area contributed by atoms with Crippen molar-refractivity contribution in [3.05, 3.63) is 123 Å². The van der Waals surface area contributed by atoms with Crippen molar-refractivity contribution < 1.29 is 9.72 Å². The van der Waals surface area contributed by atoms with Crippen LogP contribution in [-0.4, -0.2) is 21.6 Å². The highest BCUT2D eigenvalue weighted by Gasteiger charge is 2.13. The number of non-ortho nitro benzene ring substituents is 1. The van der Waals surface area contributed by atoms with Crippen molar-refractivity contribution in [2.45, 2.75) is 6.54 Å². The second-order valence-corrected chi connectivity index (χ2v) is 9.74. The van der Waals surface area contributed by atoms with Crippen LogP contribution in [0.4, 0.5) is 5.69 Å². The van der Waals surface area contributed by atoms with Crippen LogP contribution < -0.4 is 5.43 Å². The lowest BCUT2D eigenvalue weighted by molar-refractivity contribution is -0.384. The second-order valence-electron chi connectivity index (χ2n) is 8.66. The van der Waals surface area contributed by atoms with Crippen molar-refractivity contribution in [1.82, 2.24) is 9.99 Å². The fourth-order valence-corrected chi connectivity index (χ4v) is 5.53. The van der Waals surface area contributed by atoms with Gasteiger partial charge in [0.25, 0.3) is 11.6 Å². The predicted molar refractivity (Wildman–Crippen MR) is 149 cm³/mol. The van der Waals surface area contributed by atoms with E-state index in [0.29, 0.717) is 16.8 Å². The van der Waals surface area contributed by atoms with Gasteiger partial charge < -0.3 is 4.57 Å². The number of fused-ring (bicyclic) bond motifs is 3. The van der Waals surface area contributed by atoms with E-state index in [2.05, 4.69) is 57.6 Å². The molecule has 2 heterocycles. The Balaban J connectivity index is 1.25. The van der Waals surface area contributed by atoms with Crippen molar-refractivity contribution in [2.75, 3.05) is 0 Å². The Morgan fingerprint density at radius 2 is 1.73 bits per heavy atom. The van der Waals surface area contributed by atoms with E-state index in [1.165, 1.54) is 39.8 Å². The first-order valence-corrected chi connectivity index (χ1v) is 12.4. The molecule has 0 fully saturated rings. The number of nitrogens with zero attached hydrogens (tertiary/aromatic N) is 3. The lowest BCUT2D eigenvalue weighted by Crippen LogP contribution is -2.16. The maximum Gasteiger partial charge on any atom is 0.281 e. The summed E-state index contributed by atoms with van der Waals surface area (Å²) in [6.45, 7) is 0.704. The monoisotopic (exact) mass is 504 g/mol. The van der Waals surface area contributed by atoms with E-state index in [4.69, 9.17) is 0 Å². The van der Waals surface area contributed by atoms with Crippen molar-refractivity contribution in [1.29, 1.82) is 0 Å². The molecule has 0 saturated carbocycles. The van der Waals surface area contributed by atoms with Gasteiger partial charge in [-0.15, -0.1) is 11.3 Å². The lowest BCUT2D eigenvalue weighted by atomic mass is 10.0. The number of nitro groups is 1. The summed E-state index contributed by atoms with van der Waals surface area (Å²) in [5, 5.41) is 19.4. The topological polar surface area (TPSA) is 89.5 Å². The fraction of sp³-hybridized carbons (Fsp3) is 0.0345. The van der Waals surface area contributed by atoms with Gasteiger partial charge in [-0.3, -0.25) is 14.9 Å². The fourth-order valence-electron chi connectivity index (χ4n) is 4.59. The first-order valence-electron chi connectivity index (χ1n) is 11.6. The summed E-state index contributed by atoms with van der Waals surface area (Å²) < 4.78 is 3.00. The highest BCUT2D eigenvalue weighted by Crippen LogP contribution is 2.29. The van der Waals surface area contributed by atoms with E-state index in [1.807, 2.05) is 30.5 Å². The molecule has 6 rings (SSSR count). The predicted octanol–water partition coefficient (Wildman–Crippen LogP) is 6.73. The number of rotatable bonds is 6. The Morgan fingerprint density at radius 3 is 2.59 bits per heavy atom. The average Bonchev–Trinajstić information content (AvgIpc) is 3.50. The molecule has 0 aliphatic heterocycles. The number of hydrogen-bond donors (Lipinski definition) is 1. The summed E-state index contributed by atoms with van der Waals surface area (Å²) in [5.74, 6) is -0.361. The number of hydrazone groups is 1. The number of aromatic nitrogens is 1. The third-order valence-electron chi connectivity index (χ3n) is 6.34. The molecule has 0 unspecified atom stereocenters.